The summed E-state index contributed by atoms with van der Waals surface area (Å²) in [5, 5.41) is 0. The van der Waals surface area contributed by atoms with Gasteiger partial charge in [0.25, 0.3) is 0 Å². The third-order valence-electron chi connectivity index (χ3n) is 11.1. The third-order valence-corrected chi connectivity index (χ3v) is 11.1. The van der Waals surface area contributed by atoms with E-state index < -0.39 is 0 Å². The topological polar surface area (TPSA) is 19.4 Å². The Bertz CT molecular complexity index is 1140. The first-order valence-corrected chi connectivity index (χ1v) is 23.5. The van der Waals surface area contributed by atoms with Crippen molar-refractivity contribution in [3.05, 3.63) is 58.7 Å². The van der Waals surface area contributed by atoms with Crippen molar-refractivity contribution >= 4 is 0 Å². The molecule has 0 unspecified atom stereocenters. The van der Waals surface area contributed by atoms with Crippen LogP contribution in [0.5, 0.6) is 0 Å². The Morgan fingerprint density at radius 3 is 0.930 bits per heavy atom. The molecule has 0 heterocycles. The molecule has 3 rings (SSSR count). The zero-order valence-corrected chi connectivity index (χ0v) is 40.6. The SMILES string of the molecule is CCC.CCC.Cc1ccc2c(c1)C(CCCCCN(CCCN(C)C)CCCN(C)C)(CCCCCN(CCCN(C)C)CCCN(C)C)c1cc(C)ccc1-2. The lowest BCUT2D eigenvalue weighted by atomic mass is 9.70. The molecule has 0 atom stereocenters. The molecule has 0 spiro atoms. The molecule has 0 fully saturated rings. The molecular formula is C51H96N6. The van der Waals surface area contributed by atoms with E-state index in [1.807, 2.05) is 0 Å². The molecule has 0 aliphatic heterocycles. The first-order valence-electron chi connectivity index (χ1n) is 23.5. The monoisotopic (exact) mass is 793 g/mol. The second kappa shape index (κ2) is 31.1. The number of fused-ring (bicyclic) bond motifs is 3. The maximum Gasteiger partial charge on any atom is 0.0215 e. The van der Waals surface area contributed by atoms with Gasteiger partial charge < -0.3 is 29.4 Å². The number of nitrogens with zero attached hydrogens (tertiary/aromatic N) is 6. The minimum atomic E-state index is 0.136. The van der Waals surface area contributed by atoms with Gasteiger partial charge in [0.05, 0.1) is 0 Å². The van der Waals surface area contributed by atoms with Crippen LogP contribution < -0.4 is 0 Å². The highest BCUT2D eigenvalue weighted by atomic mass is 15.1. The molecule has 1 aliphatic rings. The summed E-state index contributed by atoms with van der Waals surface area (Å²) in [6.45, 7) is 25.1. The van der Waals surface area contributed by atoms with E-state index in [0.29, 0.717) is 0 Å². The van der Waals surface area contributed by atoms with Gasteiger partial charge in [-0.1, -0.05) is 114 Å². The maximum atomic E-state index is 2.75. The van der Waals surface area contributed by atoms with E-state index in [0.717, 1.165) is 0 Å². The summed E-state index contributed by atoms with van der Waals surface area (Å²) in [5.41, 5.74) is 9.17. The minimum Gasteiger partial charge on any atom is -0.309 e. The fourth-order valence-electron chi connectivity index (χ4n) is 8.38. The molecule has 0 amide bonds. The number of hydrogen-bond acceptors (Lipinski definition) is 6. The fourth-order valence-corrected chi connectivity index (χ4v) is 8.38. The number of hydrogen-bond donors (Lipinski definition) is 0. The normalized spacial score (nSPS) is 13.1. The van der Waals surface area contributed by atoms with Gasteiger partial charge in [-0.05, 0) is 209 Å². The predicted octanol–water partition coefficient (Wildman–Crippen LogP) is 10.9. The van der Waals surface area contributed by atoms with Crippen molar-refractivity contribution in [1.82, 2.24) is 29.4 Å². The molecule has 0 aromatic heterocycles. The van der Waals surface area contributed by atoms with Crippen LogP contribution in [0.3, 0.4) is 0 Å². The van der Waals surface area contributed by atoms with E-state index in [4.69, 9.17) is 0 Å². The molecule has 2 aromatic rings. The molecule has 2 aromatic carbocycles. The third kappa shape index (κ3) is 21.9. The van der Waals surface area contributed by atoms with Crippen molar-refractivity contribution in [2.75, 3.05) is 122 Å². The molecule has 0 saturated carbocycles. The summed E-state index contributed by atoms with van der Waals surface area (Å²) in [6, 6.07) is 14.6. The second-order valence-corrected chi connectivity index (χ2v) is 18.5. The standard InChI is InChI=1S/C45H80N6.2C3H8/c1-39-21-23-41-42-24-22-40(2)38-44(42)45(43(41)37-39,25-13-11-15-31-50(33-17-27-46(3)4)34-18-28-47(5)6)26-14-12-16-32-51(35-19-29-48(7)8)36-20-30-49(9)10;2*1-3-2/h21-24,37-38H,11-20,25-36H2,1-10H3;2*3H2,1-2H3. The largest absolute Gasteiger partial charge is 0.309 e. The second-order valence-electron chi connectivity index (χ2n) is 18.5. The zero-order chi connectivity index (χ0) is 42.6. The van der Waals surface area contributed by atoms with E-state index in [9.17, 15) is 0 Å². The van der Waals surface area contributed by atoms with Gasteiger partial charge in [0, 0.05) is 5.41 Å². The molecule has 0 radical (unpaired) electrons. The van der Waals surface area contributed by atoms with Gasteiger partial charge in [-0.3, -0.25) is 0 Å². The van der Waals surface area contributed by atoms with Gasteiger partial charge in [-0.2, -0.15) is 0 Å². The summed E-state index contributed by atoms with van der Waals surface area (Å²) >= 11 is 0. The summed E-state index contributed by atoms with van der Waals surface area (Å²) < 4.78 is 0. The van der Waals surface area contributed by atoms with Crippen LogP contribution in [0.4, 0.5) is 0 Å². The highest BCUT2D eigenvalue weighted by molar-refractivity contribution is 5.81. The molecule has 0 bridgehead atoms. The van der Waals surface area contributed by atoms with Crippen LogP contribution in [0.25, 0.3) is 11.1 Å². The number of rotatable bonds is 28. The van der Waals surface area contributed by atoms with Gasteiger partial charge in [0.1, 0.15) is 0 Å². The van der Waals surface area contributed by atoms with Crippen molar-refractivity contribution in [2.45, 2.75) is 137 Å². The summed E-state index contributed by atoms with van der Waals surface area (Å²) in [4.78, 5) is 14.8. The van der Waals surface area contributed by atoms with Crippen LogP contribution >= 0.6 is 0 Å². The molecule has 57 heavy (non-hydrogen) atoms. The smallest absolute Gasteiger partial charge is 0.0215 e. The number of benzene rings is 2. The van der Waals surface area contributed by atoms with Crippen LogP contribution in [-0.2, 0) is 5.41 Å². The van der Waals surface area contributed by atoms with Gasteiger partial charge in [0.15, 0.2) is 0 Å². The molecule has 1 aliphatic carbocycles. The summed E-state index contributed by atoms with van der Waals surface area (Å²) in [7, 11) is 17.6. The molecule has 6 heteroatoms. The molecule has 6 nitrogen and oxygen atoms in total. The Morgan fingerprint density at radius 2 is 0.649 bits per heavy atom. The number of unbranched alkanes of at least 4 members (excludes halogenated alkanes) is 4. The van der Waals surface area contributed by atoms with Gasteiger partial charge >= 0.3 is 0 Å². The number of aryl methyl sites for hydroxylation is 2. The minimum absolute atomic E-state index is 0.136. The maximum absolute atomic E-state index is 2.75. The van der Waals surface area contributed by atoms with E-state index in [2.05, 4.69) is 164 Å². The van der Waals surface area contributed by atoms with Gasteiger partial charge in [-0.15, -0.1) is 0 Å². The first kappa shape index (κ1) is 53.2. The summed E-state index contributed by atoms with van der Waals surface area (Å²) in [6.07, 6.45) is 17.9. The Hall–Kier alpha value is -1.80. The average Bonchev–Trinajstić information content (AvgIpc) is 3.38. The first-order chi connectivity index (χ1) is 27.2. The highest BCUT2D eigenvalue weighted by Gasteiger charge is 2.42. The zero-order valence-electron chi connectivity index (χ0n) is 40.6. The van der Waals surface area contributed by atoms with Crippen LogP contribution in [0.15, 0.2) is 36.4 Å². The van der Waals surface area contributed by atoms with Crippen LogP contribution in [0.2, 0.25) is 0 Å². The van der Waals surface area contributed by atoms with Crippen molar-refractivity contribution in [2.24, 2.45) is 0 Å². The van der Waals surface area contributed by atoms with Crippen LogP contribution in [0, 0.1) is 13.8 Å². The lowest BCUT2D eigenvalue weighted by Gasteiger charge is -2.33. The van der Waals surface area contributed by atoms with Crippen molar-refractivity contribution in [1.29, 1.82) is 0 Å². The van der Waals surface area contributed by atoms with E-state index >= 15 is 0 Å². The van der Waals surface area contributed by atoms with Crippen molar-refractivity contribution < 1.29 is 0 Å². The Labute approximate surface area is 356 Å². The molecule has 0 N–H and O–H groups in total. The molecular weight excluding hydrogens is 697 g/mol. The Morgan fingerprint density at radius 1 is 0.368 bits per heavy atom. The highest BCUT2D eigenvalue weighted by Crippen LogP contribution is 2.54. The predicted molar refractivity (Wildman–Crippen MR) is 257 cm³/mol. The lowest BCUT2D eigenvalue weighted by Crippen LogP contribution is -2.31. The average molecular weight is 793 g/mol. The lowest BCUT2D eigenvalue weighted by molar-refractivity contribution is 0.234. The Balaban J connectivity index is 0.00000254. The van der Waals surface area contributed by atoms with Crippen LogP contribution in [0.1, 0.15) is 140 Å². The van der Waals surface area contributed by atoms with Crippen LogP contribution in [-0.4, -0.2) is 151 Å². The van der Waals surface area contributed by atoms with E-state index in [1.54, 1.807) is 11.1 Å². The van der Waals surface area contributed by atoms with E-state index in [1.165, 1.54) is 178 Å². The summed E-state index contributed by atoms with van der Waals surface area (Å²) in [5.74, 6) is 0. The Kier molecular flexibility index (Phi) is 29.1. The quantitative estimate of drug-likeness (QED) is 0.0794. The molecule has 330 valence electrons. The van der Waals surface area contributed by atoms with Gasteiger partial charge in [0.2, 0.25) is 0 Å². The van der Waals surface area contributed by atoms with E-state index in [-0.39, 0.29) is 5.41 Å². The van der Waals surface area contributed by atoms with Crippen molar-refractivity contribution in [3.8, 4) is 11.1 Å². The van der Waals surface area contributed by atoms with Gasteiger partial charge in [-0.25, -0.2) is 0 Å². The fraction of sp³-hybridized carbons (Fsp3) is 0.765. The van der Waals surface area contributed by atoms with Crippen molar-refractivity contribution in [3.63, 3.8) is 0 Å². The molecule has 0 saturated heterocycles.